The molecule has 0 fully saturated rings. The number of aryl methyl sites for hydroxylation is 1. The predicted octanol–water partition coefficient (Wildman–Crippen LogP) is 3.69. The summed E-state index contributed by atoms with van der Waals surface area (Å²) in [7, 11) is 0. The molecule has 4 heterocycles. The molecule has 1 atom stereocenters. The van der Waals surface area contributed by atoms with E-state index in [0.717, 1.165) is 42.8 Å². The molecule has 3 aromatic heterocycles. The van der Waals surface area contributed by atoms with Gasteiger partial charge in [0.2, 0.25) is 5.95 Å². The van der Waals surface area contributed by atoms with Crippen LogP contribution in [0.5, 0.6) is 0 Å². The van der Waals surface area contributed by atoms with Gasteiger partial charge in [0.15, 0.2) is 5.13 Å². The van der Waals surface area contributed by atoms with Crippen LogP contribution in [0.4, 0.5) is 22.7 Å². The number of hydrogen-bond donors (Lipinski definition) is 3. The largest absolute Gasteiger partial charge is 0.462 e. The molecule has 10 nitrogen and oxygen atoms in total. The number of carbonyl (C=O) groups is 1. The molecule has 0 radical (unpaired) electrons. The highest BCUT2D eigenvalue weighted by Gasteiger charge is 2.27. The number of aromatic nitrogens is 4. The molecule has 1 unspecified atom stereocenters. The van der Waals surface area contributed by atoms with E-state index >= 15 is 0 Å². The lowest BCUT2D eigenvalue weighted by molar-refractivity contribution is 0.0531. The number of pyridine rings is 1. The van der Waals surface area contributed by atoms with Crippen molar-refractivity contribution in [1.29, 1.82) is 0 Å². The zero-order valence-corrected chi connectivity index (χ0v) is 21.1. The van der Waals surface area contributed by atoms with Crippen LogP contribution < -0.4 is 15.5 Å². The summed E-state index contributed by atoms with van der Waals surface area (Å²) in [4.78, 5) is 33.1. The van der Waals surface area contributed by atoms with Crippen molar-refractivity contribution in [3.8, 4) is 0 Å². The summed E-state index contributed by atoms with van der Waals surface area (Å²) in [6.45, 7) is 7.44. The van der Waals surface area contributed by atoms with Crippen molar-refractivity contribution < 1.29 is 14.6 Å². The number of esters is 1. The van der Waals surface area contributed by atoms with E-state index in [0.29, 0.717) is 40.6 Å². The van der Waals surface area contributed by atoms with Crippen LogP contribution in [0.25, 0.3) is 0 Å². The minimum absolute atomic E-state index is 0.0172. The van der Waals surface area contributed by atoms with Gasteiger partial charge in [0, 0.05) is 31.0 Å². The minimum Gasteiger partial charge on any atom is -0.462 e. The quantitative estimate of drug-likeness (QED) is 0.338. The molecule has 1 aliphatic rings. The number of aliphatic hydroxyl groups is 1. The number of hydrogen-bond acceptors (Lipinski definition) is 11. The topological polar surface area (TPSA) is 125 Å². The fourth-order valence-corrected chi connectivity index (χ4v) is 4.89. The highest BCUT2D eigenvalue weighted by molar-refractivity contribution is 7.17. The van der Waals surface area contributed by atoms with Crippen LogP contribution in [0.1, 0.15) is 53.2 Å². The lowest BCUT2D eigenvalue weighted by atomic mass is 10.1. The van der Waals surface area contributed by atoms with E-state index in [9.17, 15) is 9.90 Å². The van der Waals surface area contributed by atoms with Crippen LogP contribution in [0.15, 0.2) is 24.5 Å². The van der Waals surface area contributed by atoms with Gasteiger partial charge in [0.25, 0.3) is 0 Å². The zero-order chi connectivity index (χ0) is 24.8. The van der Waals surface area contributed by atoms with Crippen LogP contribution in [0, 0.1) is 6.92 Å². The lowest BCUT2D eigenvalue weighted by Crippen LogP contribution is -2.25. The average Bonchev–Trinajstić information content (AvgIpc) is 3.42. The molecule has 0 saturated carbocycles. The monoisotopic (exact) mass is 497 g/mol. The molecule has 0 spiro atoms. The summed E-state index contributed by atoms with van der Waals surface area (Å²) >= 11 is 1.21. The first-order chi connectivity index (χ1) is 17.0. The molecule has 3 aromatic rings. The number of thiazole rings is 1. The summed E-state index contributed by atoms with van der Waals surface area (Å²) < 4.78 is 5.13. The second-order valence-electron chi connectivity index (χ2n) is 8.32. The molecular weight excluding hydrogens is 466 g/mol. The number of aliphatic hydroxyl groups excluding tert-OH is 1. The number of fused-ring (bicyclic) bond motifs is 1. The van der Waals surface area contributed by atoms with E-state index in [1.54, 1.807) is 20.0 Å². The molecule has 1 aliphatic heterocycles. The normalized spacial score (nSPS) is 13.4. The van der Waals surface area contributed by atoms with E-state index < -0.39 is 0 Å². The number of anilines is 4. The van der Waals surface area contributed by atoms with Crippen molar-refractivity contribution >= 4 is 40.0 Å². The first kappa shape index (κ1) is 24.8. The van der Waals surface area contributed by atoms with Crippen molar-refractivity contribution in [2.45, 2.75) is 52.6 Å². The molecule has 0 saturated heterocycles. The third-order valence-corrected chi connectivity index (χ3v) is 6.74. The highest BCUT2D eigenvalue weighted by Crippen LogP contribution is 2.35. The van der Waals surface area contributed by atoms with Gasteiger partial charge in [0.1, 0.15) is 16.5 Å². The molecule has 186 valence electrons. The van der Waals surface area contributed by atoms with E-state index in [4.69, 9.17) is 14.7 Å². The van der Waals surface area contributed by atoms with Gasteiger partial charge in [-0.1, -0.05) is 30.7 Å². The van der Waals surface area contributed by atoms with Crippen LogP contribution in [0.2, 0.25) is 0 Å². The number of ether oxygens (including phenoxy) is 1. The summed E-state index contributed by atoms with van der Waals surface area (Å²) in [5.74, 6) is 1.53. The Morgan fingerprint density at radius 1 is 1.31 bits per heavy atom. The van der Waals surface area contributed by atoms with Crippen molar-refractivity contribution in [3.63, 3.8) is 0 Å². The van der Waals surface area contributed by atoms with Gasteiger partial charge in [-0.2, -0.15) is 9.97 Å². The van der Waals surface area contributed by atoms with Crippen LogP contribution in [-0.2, 0) is 17.7 Å². The van der Waals surface area contributed by atoms with Gasteiger partial charge in [-0.05, 0) is 38.3 Å². The van der Waals surface area contributed by atoms with Gasteiger partial charge in [-0.15, -0.1) is 0 Å². The zero-order valence-electron chi connectivity index (χ0n) is 20.2. The Labute approximate surface area is 208 Å². The van der Waals surface area contributed by atoms with Gasteiger partial charge in [0.05, 0.1) is 24.9 Å². The number of nitrogens with zero attached hydrogens (tertiary/aromatic N) is 5. The predicted molar refractivity (Wildman–Crippen MR) is 137 cm³/mol. The first-order valence-electron chi connectivity index (χ1n) is 11.9. The van der Waals surface area contributed by atoms with E-state index in [-0.39, 0.29) is 18.6 Å². The smallest absolute Gasteiger partial charge is 0.350 e. The minimum atomic E-state index is -0.388. The van der Waals surface area contributed by atoms with Gasteiger partial charge < -0.3 is 20.1 Å². The van der Waals surface area contributed by atoms with E-state index in [2.05, 4.69) is 32.4 Å². The molecule has 11 heteroatoms. The Balaban J connectivity index is 1.65. The molecule has 35 heavy (non-hydrogen) atoms. The van der Waals surface area contributed by atoms with E-state index in [1.165, 1.54) is 11.3 Å². The second kappa shape index (κ2) is 11.4. The van der Waals surface area contributed by atoms with Crippen molar-refractivity contribution in [2.24, 2.45) is 0 Å². The number of carbonyl (C=O) groups excluding carboxylic acids is 1. The lowest BCUT2D eigenvalue weighted by Gasteiger charge is -2.21. The summed E-state index contributed by atoms with van der Waals surface area (Å²) in [5, 5.41) is 17.0. The molecule has 0 bridgehead atoms. The standard InChI is InChI=1S/C24H31N7O3S/c1-4-7-17(14-32)27-20-18-9-11-31(13-16-8-6-10-25-12-16)21(18)29-23(28-20)30-24-26-15(3)19(35-24)22(33)34-5-2/h6,8,10,12,17,32H,4-5,7,9,11,13-14H2,1-3H3,(H2,26,27,28,29,30). The summed E-state index contributed by atoms with van der Waals surface area (Å²) in [6, 6.07) is 3.87. The molecule has 0 aromatic carbocycles. The van der Waals surface area contributed by atoms with E-state index in [1.807, 2.05) is 18.3 Å². The number of nitrogens with one attached hydrogen (secondary N) is 2. The maximum atomic E-state index is 12.2. The SMILES string of the molecule is CCCC(CO)Nc1nc(Nc2nc(C)c(C(=O)OCC)s2)nc2c1CCN2Cc1cccnc1. The van der Waals surface area contributed by atoms with Gasteiger partial charge >= 0.3 is 5.97 Å². The Kier molecular flexibility index (Phi) is 8.09. The molecule has 4 rings (SSSR count). The van der Waals surface area contributed by atoms with Crippen LogP contribution >= 0.6 is 11.3 Å². The van der Waals surface area contributed by atoms with Gasteiger partial charge in [-0.25, -0.2) is 9.78 Å². The molecular formula is C24H31N7O3S. The van der Waals surface area contributed by atoms with Crippen LogP contribution in [0.3, 0.4) is 0 Å². The number of rotatable bonds is 11. The fraction of sp³-hybridized carbons (Fsp3) is 0.458. The summed E-state index contributed by atoms with van der Waals surface area (Å²) in [5.41, 5.74) is 2.71. The Morgan fingerprint density at radius 3 is 2.89 bits per heavy atom. The second-order valence-corrected chi connectivity index (χ2v) is 9.32. The summed E-state index contributed by atoms with van der Waals surface area (Å²) in [6.07, 6.45) is 6.18. The first-order valence-corrected chi connectivity index (χ1v) is 12.7. The maximum absolute atomic E-state index is 12.2. The van der Waals surface area contributed by atoms with Crippen LogP contribution in [-0.4, -0.2) is 56.8 Å². The van der Waals surface area contributed by atoms with Gasteiger partial charge in [-0.3, -0.25) is 10.3 Å². The third-order valence-electron chi connectivity index (χ3n) is 5.69. The fourth-order valence-electron chi connectivity index (χ4n) is 4.04. The van der Waals surface area contributed by atoms with Crippen molar-refractivity contribution in [1.82, 2.24) is 19.9 Å². The average molecular weight is 498 g/mol. The Bertz CT molecular complexity index is 1160. The Morgan fingerprint density at radius 2 is 2.17 bits per heavy atom. The highest BCUT2D eigenvalue weighted by atomic mass is 32.1. The molecule has 0 amide bonds. The van der Waals surface area contributed by atoms with Crippen molar-refractivity contribution in [2.75, 3.05) is 35.3 Å². The third kappa shape index (κ3) is 5.85. The van der Waals surface area contributed by atoms with Crippen molar-refractivity contribution in [3.05, 3.63) is 46.2 Å². The molecule has 0 aliphatic carbocycles. The Hall–Kier alpha value is -3.31. The molecule has 3 N–H and O–H groups in total. The maximum Gasteiger partial charge on any atom is 0.350 e.